The zero-order valence-corrected chi connectivity index (χ0v) is 15.8. The largest absolute Gasteiger partial charge is 0.481 e. The standard InChI is InChI=1S/C17H23F2N5O3/c1-16(2,3)27-15(25)24-6-5-17(18,19)13(10-24)11-7-12(9-22-23-20)14(26-4)21-8-11/h7-8,13H,5-6,9-10H2,1-4H3. The van der Waals surface area contributed by atoms with Crippen molar-refractivity contribution in [2.24, 2.45) is 5.11 Å². The molecule has 2 rings (SSSR count). The maximum absolute atomic E-state index is 14.6. The van der Waals surface area contributed by atoms with Gasteiger partial charge in [-0.2, -0.15) is 0 Å². The van der Waals surface area contributed by atoms with Gasteiger partial charge in [0.1, 0.15) is 5.60 Å². The number of amides is 1. The number of carbonyl (C=O) groups is 1. The SMILES string of the molecule is COc1ncc(C2CN(C(=O)OC(C)(C)C)CCC2(F)F)cc1CN=[N+]=[N-]. The normalized spacial score (nSPS) is 19.2. The minimum absolute atomic E-state index is 0.0748. The Morgan fingerprint density at radius 2 is 2.22 bits per heavy atom. The second-order valence-electron chi connectivity index (χ2n) is 7.32. The van der Waals surface area contributed by atoms with Crippen molar-refractivity contribution in [3.63, 3.8) is 0 Å². The molecule has 1 saturated heterocycles. The monoisotopic (exact) mass is 383 g/mol. The smallest absolute Gasteiger partial charge is 0.410 e. The lowest BCUT2D eigenvalue weighted by Crippen LogP contribution is -2.49. The van der Waals surface area contributed by atoms with Gasteiger partial charge >= 0.3 is 6.09 Å². The molecular formula is C17H23F2N5O3. The third kappa shape index (κ3) is 5.19. The molecule has 1 aromatic rings. The van der Waals surface area contributed by atoms with Crippen LogP contribution in [0.5, 0.6) is 5.88 Å². The minimum Gasteiger partial charge on any atom is -0.481 e. The van der Waals surface area contributed by atoms with E-state index in [1.165, 1.54) is 24.3 Å². The van der Waals surface area contributed by atoms with Crippen molar-refractivity contribution in [3.8, 4) is 5.88 Å². The van der Waals surface area contributed by atoms with E-state index in [2.05, 4.69) is 15.0 Å². The number of rotatable bonds is 4. The third-order valence-electron chi connectivity index (χ3n) is 4.13. The first kappa shape index (κ1) is 20.7. The van der Waals surface area contributed by atoms with E-state index < -0.39 is 30.0 Å². The van der Waals surface area contributed by atoms with Gasteiger partial charge in [-0.3, -0.25) is 0 Å². The summed E-state index contributed by atoms with van der Waals surface area (Å²) >= 11 is 0. The number of carbonyl (C=O) groups excluding carboxylic acids is 1. The molecule has 0 saturated carbocycles. The number of halogens is 2. The number of piperidine rings is 1. The van der Waals surface area contributed by atoms with Crippen molar-refractivity contribution in [2.75, 3.05) is 20.2 Å². The number of likely N-dealkylation sites (tertiary alicyclic amines) is 1. The highest BCUT2D eigenvalue weighted by Gasteiger charge is 2.47. The van der Waals surface area contributed by atoms with Crippen LogP contribution >= 0.6 is 0 Å². The van der Waals surface area contributed by atoms with Gasteiger partial charge in [0, 0.05) is 36.2 Å². The Labute approximate surface area is 156 Å². The second kappa shape index (κ2) is 7.96. The number of alkyl halides is 2. The fourth-order valence-corrected chi connectivity index (χ4v) is 2.86. The highest BCUT2D eigenvalue weighted by Crippen LogP contribution is 2.41. The number of azide groups is 1. The first-order chi connectivity index (χ1) is 12.6. The number of hydrogen-bond donors (Lipinski definition) is 0. The third-order valence-corrected chi connectivity index (χ3v) is 4.13. The first-order valence-electron chi connectivity index (χ1n) is 8.47. The summed E-state index contributed by atoms with van der Waals surface area (Å²) in [5.74, 6) is -4.05. The molecule has 0 N–H and O–H groups in total. The Balaban J connectivity index is 2.30. The van der Waals surface area contributed by atoms with Crippen molar-refractivity contribution in [2.45, 2.75) is 51.2 Å². The van der Waals surface area contributed by atoms with Crippen molar-refractivity contribution >= 4 is 6.09 Å². The summed E-state index contributed by atoms with van der Waals surface area (Å²) in [4.78, 5) is 20.3. The molecule has 1 aliphatic heterocycles. The molecule has 1 atom stereocenters. The number of methoxy groups -OCH3 is 1. The van der Waals surface area contributed by atoms with E-state index in [1.54, 1.807) is 20.8 Å². The molecule has 0 spiro atoms. The van der Waals surface area contributed by atoms with Crippen LogP contribution in [0.15, 0.2) is 17.4 Å². The molecule has 2 heterocycles. The molecular weight excluding hydrogens is 360 g/mol. The number of hydrogen-bond acceptors (Lipinski definition) is 5. The van der Waals surface area contributed by atoms with E-state index >= 15 is 0 Å². The predicted molar refractivity (Wildman–Crippen MR) is 93.8 cm³/mol. The van der Waals surface area contributed by atoms with Crippen LogP contribution in [0, 0.1) is 0 Å². The Bertz CT molecular complexity index is 745. The van der Waals surface area contributed by atoms with Gasteiger partial charge in [0.25, 0.3) is 5.92 Å². The lowest BCUT2D eigenvalue weighted by molar-refractivity contribution is -0.0772. The first-order valence-corrected chi connectivity index (χ1v) is 8.47. The average molecular weight is 383 g/mol. The molecule has 1 aliphatic rings. The Hall–Kier alpha value is -2.61. The van der Waals surface area contributed by atoms with Crippen molar-refractivity contribution in [1.82, 2.24) is 9.88 Å². The van der Waals surface area contributed by atoms with Gasteiger partial charge in [0.2, 0.25) is 5.88 Å². The van der Waals surface area contributed by atoms with Gasteiger partial charge in [-0.25, -0.2) is 18.6 Å². The van der Waals surface area contributed by atoms with E-state index in [4.69, 9.17) is 15.0 Å². The lowest BCUT2D eigenvalue weighted by atomic mass is 9.87. The molecule has 1 aromatic heterocycles. The molecule has 8 nitrogen and oxygen atoms in total. The van der Waals surface area contributed by atoms with Gasteiger partial charge < -0.3 is 14.4 Å². The molecule has 27 heavy (non-hydrogen) atoms. The minimum atomic E-state index is -3.01. The van der Waals surface area contributed by atoms with Gasteiger partial charge in [-0.1, -0.05) is 5.11 Å². The predicted octanol–water partition coefficient (Wildman–Crippen LogP) is 4.26. The second-order valence-corrected chi connectivity index (χ2v) is 7.32. The number of pyridine rings is 1. The van der Waals surface area contributed by atoms with Crippen molar-refractivity contribution in [3.05, 3.63) is 33.8 Å². The summed E-state index contributed by atoms with van der Waals surface area (Å²) in [5.41, 5.74) is 8.44. The van der Waals surface area contributed by atoms with E-state index in [0.717, 1.165) is 0 Å². The van der Waals surface area contributed by atoms with Crippen LogP contribution in [0.4, 0.5) is 13.6 Å². The maximum atomic E-state index is 14.6. The van der Waals surface area contributed by atoms with Crippen molar-refractivity contribution in [1.29, 1.82) is 0 Å². The van der Waals surface area contributed by atoms with Gasteiger partial charge in [0.15, 0.2) is 0 Å². The Morgan fingerprint density at radius 3 is 2.81 bits per heavy atom. The molecule has 1 fully saturated rings. The quantitative estimate of drug-likeness (QED) is 0.440. The number of ether oxygens (including phenoxy) is 2. The van der Waals surface area contributed by atoms with Gasteiger partial charge in [-0.05, 0) is 37.9 Å². The molecule has 148 valence electrons. The fraction of sp³-hybridized carbons (Fsp3) is 0.647. The van der Waals surface area contributed by atoms with Crippen LogP contribution < -0.4 is 4.74 Å². The molecule has 1 unspecified atom stereocenters. The molecule has 1 amide bonds. The highest BCUT2D eigenvalue weighted by molar-refractivity contribution is 5.68. The van der Waals surface area contributed by atoms with Gasteiger partial charge in [0.05, 0.1) is 19.6 Å². The molecule has 0 aromatic carbocycles. The summed E-state index contributed by atoms with van der Waals surface area (Å²) in [6.07, 6.45) is 0.197. The summed E-state index contributed by atoms with van der Waals surface area (Å²) < 4.78 is 39.5. The summed E-state index contributed by atoms with van der Waals surface area (Å²) in [5, 5.41) is 3.45. The molecule has 0 aliphatic carbocycles. The van der Waals surface area contributed by atoms with Crippen LogP contribution in [0.25, 0.3) is 10.4 Å². The molecule has 0 bridgehead atoms. The lowest BCUT2D eigenvalue weighted by Gasteiger charge is -2.39. The summed E-state index contributed by atoms with van der Waals surface area (Å²) in [7, 11) is 1.39. The Kier molecular flexibility index (Phi) is 6.10. The number of aromatic nitrogens is 1. The van der Waals surface area contributed by atoms with Gasteiger partial charge in [-0.15, -0.1) is 0 Å². The van der Waals surface area contributed by atoms with Crippen LogP contribution in [0.2, 0.25) is 0 Å². The van der Waals surface area contributed by atoms with E-state index in [0.29, 0.717) is 5.56 Å². The average Bonchev–Trinajstić information content (AvgIpc) is 2.57. The van der Waals surface area contributed by atoms with E-state index in [1.807, 2.05) is 0 Å². The zero-order chi connectivity index (χ0) is 20.2. The summed E-state index contributed by atoms with van der Waals surface area (Å²) in [6.45, 7) is 4.79. The Morgan fingerprint density at radius 1 is 1.52 bits per heavy atom. The molecule has 10 heteroatoms. The fourth-order valence-electron chi connectivity index (χ4n) is 2.86. The topological polar surface area (TPSA) is 100 Å². The number of nitrogens with zero attached hydrogens (tertiary/aromatic N) is 5. The van der Waals surface area contributed by atoms with Crippen LogP contribution in [-0.2, 0) is 11.3 Å². The van der Waals surface area contributed by atoms with E-state index in [9.17, 15) is 13.6 Å². The molecule has 0 radical (unpaired) electrons. The maximum Gasteiger partial charge on any atom is 0.410 e. The highest BCUT2D eigenvalue weighted by atomic mass is 19.3. The van der Waals surface area contributed by atoms with Crippen molar-refractivity contribution < 1.29 is 23.0 Å². The van der Waals surface area contributed by atoms with E-state index in [-0.39, 0.29) is 31.1 Å². The summed E-state index contributed by atoms with van der Waals surface area (Å²) in [6, 6.07) is 1.48. The van der Waals surface area contributed by atoms with Crippen LogP contribution in [0.1, 0.15) is 44.2 Å². The van der Waals surface area contributed by atoms with Crippen LogP contribution in [0.3, 0.4) is 0 Å². The zero-order valence-electron chi connectivity index (χ0n) is 15.8. The van der Waals surface area contributed by atoms with Crippen LogP contribution in [-0.4, -0.2) is 47.7 Å².